The van der Waals surface area contributed by atoms with Crippen molar-refractivity contribution in [1.29, 1.82) is 0 Å². The zero-order valence-corrected chi connectivity index (χ0v) is 14.0. The van der Waals surface area contributed by atoms with Crippen molar-refractivity contribution < 1.29 is 9.47 Å². The lowest BCUT2D eigenvalue weighted by atomic mass is 10.2. The monoisotopic (exact) mass is 326 g/mol. The molecule has 2 heterocycles. The third kappa shape index (κ3) is 4.38. The third-order valence-electron chi connectivity index (χ3n) is 3.52. The average molecular weight is 326 g/mol. The van der Waals surface area contributed by atoms with Gasteiger partial charge < -0.3 is 20.1 Å². The second kappa shape index (κ2) is 7.68. The van der Waals surface area contributed by atoms with E-state index in [-0.39, 0.29) is 0 Å². The first kappa shape index (κ1) is 16.1. The fraction of sp³-hybridized carbons (Fsp3) is 0.333. The van der Waals surface area contributed by atoms with Crippen LogP contribution in [-0.4, -0.2) is 30.1 Å². The molecule has 6 heteroatoms. The summed E-state index contributed by atoms with van der Waals surface area (Å²) in [5, 5.41) is 6.55. The van der Waals surface area contributed by atoms with Crippen LogP contribution in [-0.2, 0) is 6.54 Å². The molecule has 0 bridgehead atoms. The Hall–Kier alpha value is -2.76. The molecule has 1 aromatic carbocycles. The first-order valence-corrected chi connectivity index (χ1v) is 8.13. The lowest BCUT2D eigenvalue weighted by Crippen LogP contribution is -2.37. The highest BCUT2D eigenvalue weighted by molar-refractivity contribution is 5.81. The summed E-state index contributed by atoms with van der Waals surface area (Å²) in [5.41, 5.74) is 1.08. The van der Waals surface area contributed by atoms with Gasteiger partial charge in [0.15, 0.2) is 5.96 Å². The molecular formula is C18H22N4O2. The quantitative estimate of drug-likeness (QED) is 0.854. The third-order valence-corrected chi connectivity index (χ3v) is 3.52. The van der Waals surface area contributed by atoms with Gasteiger partial charge in [-0.1, -0.05) is 0 Å². The van der Waals surface area contributed by atoms with Crippen LogP contribution < -0.4 is 20.1 Å². The van der Waals surface area contributed by atoms with Crippen molar-refractivity contribution in [3.8, 4) is 17.4 Å². The van der Waals surface area contributed by atoms with Gasteiger partial charge in [-0.3, -0.25) is 4.99 Å². The number of hydrogen-bond donors (Lipinski definition) is 2. The van der Waals surface area contributed by atoms with Gasteiger partial charge in [-0.2, -0.15) is 0 Å². The van der Waals surface area contributed by atoms with E-state index in [9.17, 15) is 0 Å². The maximum atomic E-state index is 5.80. The predicted octanol–water partition coefficient (Wildman–Crippen LogP) is 2.71. The highest BCUT2D eigenvalue weighted by atomic mass is 16.5. The van der Waals surface area contributed by atoms with Crippen LogP contribution >= 0.6 is 0 Å². The normalized spacial score (nSPS) is 16.2. The van der Waals surface area contributed by atoms with Crippen LogP contribution in [0.3, 0.4) is 0 Å². The second-order valence-electron chi connectivity index (χ2n) is 5.60. The average Bonchev–Trinajstić information content (AvgIpc) is 3.01. The molecular weight excluding hydrogens is 304 g/mol. The molecule has 6 nitrogen and oxygen atoms in total. The van der Waals surface area contributed by atoms with Crippen molar-refractivity contribution in [2.45, 2.75) is 26.4 Å². The molecule has 0 fully saturated rings. The standard InChI is InChI=1S/C18H22N4O2/c1-3-23-15-4-6-16(7-5-15)24-17-10-14(8-9-19-17)12-21-18-20-11-13(2)22-18/h4-10,13H,3,11-12H2,1-2H3,(H2,20,21,22). The number of aliphatic imine (C=N–C) groups is 1. The number of nitrogens with one attached hydrogen (secondary N) is 2. The Balaban J connectivity index is 1.58. The van der Waals surface area contributed by atoms with Crippen LogP contribution in [0.5, 0.6) is 17.4 Å². The highest BCUT2D eigenvalue weighted by Crippen LogP contribution is 2.23. The minimum Gasteiger partial charge on any atom is -0.494 e. The molecule has 1 atom stereocenters. The summed E-state index contributed by atoms with van der Waals surface area (Å²) in [6.07, 6.45) is 1.74. The van der Waals surface area contributed by atoms with Gasteiger partial charge >= 0.3 is 0 Å². The zero-order chi connectivity index (χ0) is 16.8. The zero-order valence-electron chi connectivity index (χ0n) is 14.0. The first-order valence-electron chi connectivity index (χ1n) is 8.13. The maximum absolute atomic E-state index is 5.80. The molecule has 2 N–H and O–H groups in total. The predicted molar refractivity (Wildman–Crippen MR) is 93.7 cm³/mol. The van der Waals surface area contributed by atoms with E-state index in [4.69, 9.17) is 9.47 Å². The van der Waals surface area contributed by atoms with Gasteiger partial charge in [0.1, 0.15) is 11.5 Å². The maximum Gasteiger partial charge on any atom is 0.219 e. The fourth-order valence-corrected chi connectivity index (χ4v) is 2.35. The number of rotatable bonds is 6. The number of pyridine rings is 1. The van der Waals surface area contributed by atoms with E-state index in [1.807, 2.05) is 43.3 Å². The number of ether oxygens (including phenoxy) is 2. The minimum atomic E-state index is 0.392. The van der Waals surface area contributed by atoms with Crippen LogP contribution in [0.4, 0.5) is 0 Å². The Morgan fingerprint density at radius 2 is 2.00 bits per heavy atom. The van der Waals surface area contributed by atoms with Gasteiger partial charge in [-0.25, -0.2) is 4.98 Å². The smallest absolute Gasteiger partial charge is 0.219 e. The Kier molecular flexibility index (Phi) is 5.15. The van der Waals surface area contributed by atoms with Crippen LogP contribution in [0.1, 0.15) is 19.4 Å². The second-order valence-corrected chi connectivity index (χ2v) is 5.60. The van der Waals surface area contributed by atoms with Gasteiger partial charge in [0.25, 0.3) is 0 Å². The topological polar surface area (TPSA) is 67.8 Å². The lowest BCUT2D eigenvalue weighted by molar-refractivity contribution is 0.339. The van der Waals surface area contributed by atoms with Crippen molar-refractivity contribution in [2.24, 2.45) is 4.99 Å². The van der Waals surface area contributed by atoms with Crippen molar-refractivity contribution in [2.75, 3.05) is 13.2 Å². The van der Waals surface area contributed by atoms with Crippen LogP contribution in [0.15, 0.2) is 47.6 Å². The number of nitrogens with zero attached hydrogens (tertiary/aromatic N) is 2. The van der Waals surface area contributed by atoms with Crippen LogP contribution in [0.25, 0.3) is 0 Å². The van der Waals surface area contributed by atoms with E-state index < -0.39 is 0 Å². The lowest BCUT2D eigenvalue weighted by Gasteiger charge is -2.10. The Morgan fingerprint density at radius 3 is 2.71 bits per heavy atom. The van der Waals surface area contributed by atoms with E-state index in [1.54, 1.807) is 6.20 Å². The molecule has 1 aliphatic rings. The Bertz CT molecular complexity index is 700. The van der Waals surface area contributed by atoms with Crippen LogP contribution in [0, 0.1) is 0 Å². The summed E-state index contributed by atoms with van der Waals surface area (Å²) in [4.78, 5) is 8.64. The van der Waals surface area contributed by atoms with Crippen molar-refractivity contribution in [1.82, 2.24) is 15.6 Å². The molecule has 24 heavy (non-hydrogen) atoms. The number of aromatic nitrogens is 1. The summed E-state index contributed by atoms with van der Waals surface area (Å²) in [7, 11) is 0. The molecule has 0 aliphatic carbocycles. The highest BCUT2D eigenvalue weighted by Gasteiger charge is 2.11. The SMILES string of the molecule is CCOc1ccc(Oc2cc(CNC3=NCC(C)N3)ccn2)cc1. The molecule has 1 aromatic heterocycles. The number of guanidine groups is 1. The molecule has 0 saturated carbocycles. The number of benzene rings is 1. The van der Waals surface area contributed by atoms with Gasteiger partial charge in [0.05, 0.1) is 13.2 Å². The molecule has 1 aliphatic heterocycles. The largest absolute Gasteiger partial charge is 0.494 e. The van der Waals surface area contributed by atoms with E-state index >= 15 is 0 Å². The summed E-state index contributed by atoms with van der Waals surface area (Å²) in [6, 6.07) is 11.8. The molecule has 0 radical (unpaired) electrons. The van der Waals surface area contributed by atoms with E-state index in [1.165, 1.54) is 0 Å². The van der Waals surface area contributed by atoms with E-state index in [2.05, 4.69) is 27.5 Å². The van der Waals surface area contributed by atoms with E-state index in [0.29, 0.717) is 25.1 Å². The molecule has 0 amide bonds. The van der Waals surface area contributed by atoms with Gasteiger partial charge in [0.2, 0.25) is 5.88 Å². The molecule has 0 saturated heterocycles. The van der Waals surface area contributed by atoms with Crippen LogP contribution in [0.2, 0.25) is 0 Å². The summed E-state index contributed by atoms with van der Waals surface area (Å²) in [6.45, 7) is 6.19. The van der Waals surface area contributed by atoms with Gasteiger partial charge in [0, 0.05) is 24.8 Å². The number of hydrogen-bond acceptors (Lipinski definition) is 6. The van der Waals surface area contributed by atoms with Gasteiger partial charge in [-0.15, -0.1) is 0 Å². The van der Waals surface area contributed by atoms with E-state index in [0.717, 1.165) is 29.6 Å². The minimum absolute atomic E-state index is 0.392. The molecule has 1 unspecified atom stereocenters. The summed E-state index contributed by atoms with van der Waals surface area (Å²) in [5.74, 6) is 2.96. The first-order chi connectivity index (χ1) is 11.7. The molecule has 0 spiro atoms. The Morgan fingerprint density at radius 1 is 1.21 bits per heavy atom. The Labute approximate surface area is 141 Å². The van der Waals surface area contributed by atoms with Crippen molar-refractivity contribution in [3.63, 3.8) is 0 Å². The molecule has 126 valence electrons. The van der Waals surface area contributed by atoms with Gasteiger partial charge in [-0.05, 0) is 49.7 Å². The molecule has 2 aromatic rings. The molecule has 3 rings (SSSR count). The fourth-order valence-electron chi connectivity index (χ4n) is 2.35. The van der Waals surface area contributed by atoms with Crippen molar-refractivity contribution >= 4 is 5.96 Å². The van der Waals surface area contributed by atoms with Crippen molar-refractivity contribution in [3.05, 3.63) is 48.2 Å². The summed E-state index contributed by atoms with van der Waals surface area (Å²) < 4.78 is 11.2. The summed E-state index contributed by atoms with van der Waals surface area (Å²) >= 11 is 0.